The molecule has 1 aromatic heterocycles. The van der Waals surface area contributed by atoms with Crippen LogP contribution in [0.3, 0.4) is 0 Å². The maximum Gasteiger partial charge on any atom is 0.130 e. The molecule has 0 unspecified atom stereocenters. The molecular weight excluding hydrogens is 241 g/mol. The van der Waals surface area contributed by atoms with Crippen molar-refractivity contribution < 1.29 is 0 Å². The molecule has 0 radical (unpaired) electrons. The molecule has 0 aromatic carbocycles. The summed E-state index contributed by atoms with van der Waals surface area (Å²) in [6.45, 7) is 0. The third-order valence-corrected chi connectivity index (χ3v) is 1.27. The van der Waals surface area contributed by atoms with Gasteiger partial charge in [0, 0.05) is 12.4 Å². The van der Waals surface area contributed by atoms with Crippen molar-refractivity contribution in [3.05, 3.63) is 24.3 Å². The van der Waals surface area contributed by atoms with Gasteiger partial charge in [-0.2, -0.15) is 0 Å². The number of halogens is 1. The zero-order valence-electron chi connectivity index (χ0n) is 5.13. The molecule has 4 heteroatoms. The number of imidazole rings is 1. The predicted molar refractivity (Wildman–Crippen MR) is 49.4 cm³/mol. The Bertz CT molecular complexity index is 238. The Morgan fingerprint density at radius 3 is 3.10 bits per heavy atom. The summed E-state index contributed by atoms with van der Waals surface area (Å²) in [6, 6.07) is 0. The van der Waals surface area contributed by atoms with Gasteiger partial charge in [0.05, 0.1) is 3.72 Å². The molecule has 3 nitrogen and oxygen atoms in total. The largest absolute Gasteiger partial charge is 0.345 e. The molecule has 0 amide bonds. The number of H-pyrrole nitrogens is 1. The minimum absolute atomic E-state index is 0.494. The van der Waals surface area contributed by atoms with Crippen molar-refractivity contribution in [1.82, 2.24) is 9.97 Å². The number of rotatable bonds is 2. The van der Waals surface area contributed by atoms with Crippen LogP contribution >= 0.6 is 22.6 Å². The Morgan fingerprint density at radius 2 is 2.60 bits per heavy atom. The van der Waals surface area contributed by atoms with E-state index >= 15 is 0 Å². The van der Waals surface area contributed by atoms with Crippen LogP contribution in [0, 0.1) is 5.41 Å². The minimum atomic E-state index is 0.494. The number of aromatic amines is 1. The van der Waals surface area contributed by atoms with Gasteiger partial charge in [-0.1, -0.05) is 0 Å². The summed E-state index contributed by atoms with van der Waals surface area (Å²) in [5, 5.41) is 7.05. The van der Waals surface area contributed by atoms with E-state index in [1.54, 1.807) is 24.5 Å². The van der Waals surface area contributed by atoms with E-state index in [9.17, 15) is 0 Å². The lowest BCUT2D eigenvalue weighted by atomic mass is 10.5. The van der Waals surface area contributed by atoms with E-state index in [0.29, 0.717) is 3.72 Å². The molecule has 0 atom stereocenters. The van der Waals surface area contributed by atoms with Crippen molar-refractivity contribution in [1.29, 1.82) is 5.41 Å². The van der Waals surface area contributed by atoms with Crippen LogP contribution in [0.2, 0.25) is 0 Å². The Morgan fingerprint density at radius 1 is 1.80 bits per heavy atom. The van der Waals surface area contributed by atoms with Crippen molar-refractivity contribution in [2.45, 2.75) is 0 Å². The summed E-state index contributed by atoms with van der Waals surface area (Å²) < 4.78 is 0.494. The Balaban J connectivity index is 2.64. The van der Waals surface area contributed by atoms with Crippen molar-refractivity contribution in [2.24, 2.45) is 0 Å². The first-order chi connectivity index (χ1) is 4.79. The van der Waals surface area contributed by atoms with Crippen LogP contribution in [0.1, 0.15) is 5.82 Å². The highest BCUT2D eigenvalue weighted by Crippen LogP contribution is 1.95. The normalized spacial score (nSPS) is 10.5. The molecule has 0 fully saturated rings. The lowest BCUT2D eigenvalue weighted by Gasteiger charge is -1.80. The third kappa shape index (κ3) is 2.30. The molecule has 0 aliphatic rings. The smallest absolute Gasteiger partial charge is 0.130 e. The molecule has 0 bridgehead atoms. The minimum Gasteiger partial charge on any atom is -0.345 e. The van der Waals surface area contributed by atoms with Crippen LogP contribution in [0.4, 0.5) is 0 Å². The van der Waals surface area contributed by atoms with Crippen molar-refractivity contribution >= 4 is 32.4 Å². The van der Waals surface area contributed by atoms with Gasteiger partial charge in [0.1, 0.15) is 5.82 Å². The first kappa shape index (κ1) is 7.46. The van der Waals surface area contributed by atoms with E-state index < -0.39 is 0 Å². The van der Waals surface area contributed by atoms with Crippen molar-refractivity contribution in [3.63, 3.8) is 0 Å². The van der Waals surface area contributed by atoms with Crippen LogP contribution in [0.25, 0.3) is 6.08 Å². The molecule has 0 aliphatic heterocycles. The fraction of sp³-hybridized carbons (Fsp3) is 0. The third-order valence-electron chi connectivity index (χ3n) is 0.907. The monoisotopic (exact) mass is 247 g/mol. The Hall–Kier alpha value is -0.650. The highest BCUT2D eigenvalue weighted by molar-refractivity contribution is 14.1. The summed E-state index contributed by atoms with van der Waals surface area (Å²) in [4.78, 5) is 6.84. The lowest BCUT2D eigenvalue weighted by Crippen LogP contribution is -1.75. The summed E-state index contributed by atoms with van der Waals surface area (Å²) in [7, 11) is 0. The van der Waals surface area contributed by atoms with Gasteiger partial charge in [0.2, 0.25) is 0 Å². The molecular formula is C6H6IN3. The summed E-state index contributed by atoms with van der Waals surface area (Å²) in [6.07, 6.45) is 6.86. The zero-order chi connectivity index (χ0) is 7.40. The molecule has 1 aromatic rings. The molecule has 1 heterocycles. The van der Waals surface area contributed by atoms with Gasteiger partial charge in [-0.15, -0.1) is 0 Å². The number of hydrogen-bond donors (Lipinski definition) is 2. The molecule has 0 saturated carbocycles. The van der Waals surface area contributed by atoms with Gasteiger partial charge in [0.15, 0.2) is 0 Å². The standard InChI is InChI=1S/C6H6IN3/c7-5(8)1-2-6-9-3-4-10-6/h1-4,8H,(H,9,10)/b2-1-,8-5?. The molecule has 52 valence electrons. The lowest BCUT2D eigenvalue weighted by molar-refractivity contribution is 1.27. The Kier molecular flexibility index (Phi) is 2.61. The number of nitrogens with one attached hydrogen (secondary N) is 2. The van der Waals surface area contributed by atoms with Gasteiger partial charge in [0.25, 0.3) is 0 Å². The maximum absolute atomic E-state index is 7.05. The number of hydrogen-bond acceptors (Lipinski definition) is 2. The fourth-order valence-electron chi connectivity index (χ4n) is 0.521. The van der Waals surface area contributed by atoms with E-state index in [-0.39, 0.29) is 0 Å². The van der Waals surface area contributed by atoms with E-state index in [1.165, 1.54) is 0 Å². The number of aromatic nitrogens is 2. The highest BCUT2D eigenvalue weighted by atomic mass is 127. The SMILES string of the molecule is N=C(I)/C=C\c1ncc[nH]1. The molecule has 0 spiro atoms. The second kappa shape index (κ2) is 3.50. The first-order valence-electron chi connectivity index (χ1n) is 2.70. The van der Waals surface area contributed by atoms with E-state index in [0.717, 1.165) is 5.82 Å². The topological polar surface area (TPSA) is 52.5 Å². The first-order valence-corrected chi connectivity index (χ1v) is 3.78. The van der Waals surface area contributed by atoms with Gasteiger partial charge in [-0.3, -0.25) is 5.41 Å². The molecule has 1 rings (SSSR count). The summed E-state index contributed by atoms with van der Waals surface area (Å²) >= 11 is 1.92. The van der Waals surface area contributed by atoms with Gasteiger partial charge >= 0.3 is 0 Å². The Labute approximate surface area is 72.2 Å². The average Bonchev–Trinajstić information content (AvgIpc) is 2.34. The predicted octanol–water partition coefficient (Wildman–Crippen LogP) is 1.84. The molecule has 10 heavy (non-hydrogen) atoms. The van der Waals surface area contributed by atoms with Gasteiger partial charge in [-0.05, 0) is 34.7 Å². The van der Waals surface area contributed by atoms with E-state index in [4.69, 9.17) is 5.41 Å². The maximum atomic E-state index is 7.05. The van der Waals surface area contributed by atoms with Crippen LogP contribution in [-0.4, -0.2) is 13.7 Å². The molecule has 0 aliphatic carbocycles. The summed E-state index contributed by atoms with van der Waals surface area (Å²) in [5.74, 6) is 0.779. The van der Waals surface area contributed by atoms with Gasteiger partial charge in [-0.25, -0.2) is 4.98 Å². The average molecular weight is 247 g/mol. The number of allylic oxidation sites excluding steroid dienone is 1. The van der Waals surface area contributed by atoms with Crippen molar-refractivity contribution in [2.75, 3.05) is 0 Å². The quantitative estimate of drug-likeness (QED) is 0.608. The van der Waals surface area contributed by atoms with Crippen LogP contribution < -0.4 is 0 Å². The van der Waals surface area contributed by atoms with E-state index in [1.807, 2.05) is 22.6 Å². The van der Waals surface area contributed by atoms with Crippen LogP contribution in [0.15, 0.2) is 18.5 Å². The second-order valence-electron chi connectivity index (χ2n) is 1.66. The van der Waals surface area contributed by atoms with E-state index in [2.05, 4.69) is 9.97 Å². The fourth-order valence-corrected chi connectivity index (χ4v) is 0.701. The second-order valence-corrected chi connectivity index (χ2v) is 2.82. The highest BCUT2D eigenvalue weighted by Gasteiger charge is 1.84. The zero-order valence-corrected chi connectivity index (χ0v) is 7.29. The molecule has 2 N–H and O–H groups in total. The van der Waals surface area contributed by atoms with Crippen molar-refractivity contribution in [3.8, 4) is 0 Å². The number of nitrogens with zero attached hydrogens (tertiary/aromatic N) is 1. The van der Waals surface area contributed by atoms with Crippen LogP contribution in [0.5, 0.6) is 0 Å². The van der Waals surface area contributed by atoms with Gasteiger partial charge < -0.3 is 4.98 Å². The van der Waals surface area contributed by atoms with Crippen LogP contribution in [-0.2, 0) is 0 Å². The summed E-state index contributed by atoms with van der Waals surface area (Å²) in [5.41, 5.74) is 0. The molecule has 0 saturated heterocycles.